The summed E-state index contributed by atoms with van der Waals surface area (Å²) in [5, 5.41) is 10.2. The highest BCUT2D eigenvalue weighted by Crippen LogP contribution is 2.24. The Balaban J connectivity index is 1.45. The molecule has 5 heteroatoms. The second-order valence-corrected chi connectivity index (χ2v) is 6.30. The monoisotopic (exact) mass is 345 g/mol. The van der Waals surface area contributed by atoms with Crippen LogP contribution in [0.5, 0.6) is 0 Å². The third-order valence-corrected chi connectivity index (χ3v) is 4.29. The van der Waals surface area contributed by atoms with Gasteiger partial charge in [0.25, 0.3) is 0 Å². The lowest BCUT2D eigenvalue weighted by Crippen LogP contribution is -2.43. The molecule has 1 saturated heterocycles. The Hall–Kier alpha value is -1.79. The molecule has 2 atom stereocenters. The largest absolute Gasteiger partial charge is 0.389 e. The van der Waals surface area contributed by atoms with Gasteiger partial charge >= 0.3 is 0 Å². The maximum atomic E-state index is 13.9. The highest BCUT2D eigenvalue weighted by atomic mass is 19.1. The van der Waals surface area contributed by atoms with Gasteiger partial charge in [-0.05, 0) is 11.6 Å². The van der Waals surface area contributed by atoms with Gasteiger partial charge in [0.2, 0.25) is 0 Å². The van der Waals surface area contributed by atoms with Gasteiger partial charge in [-0.1, -0.05) is 48.5 Å². The summed E-state index contributed by atoms with van der Waals surface area (Å²) in [5.74, 6) is -0.249. The molecule has 25 heavy (non-hydrogen) atoms. The number of rotatable bonds is 7. The fourth-order valence-electron chi connectivity index (χ4n) is 3.03. The van der Waals surface area contributed by atoms with Gasteiger partial charge < -0.3 is 14.6 Å². The Labute approximate surface area is 147 Å². The molecule has 0 aliphatic carbocycles. The van der Waals surface area contributed by atoms with Gasteiger partial charge in [-0.3, -0.25) is 4.90 Å². The Morgan fingerprint density at radius 3 is 2.72 bits per heavy atom. The zero-order valence-electron chi connectivity index (χ0n) is 14.2. The van der Waals surface area contributed by atoms with E-state index in [1.807, 2.05) is 36.4 Å². The molecule has 3 rings (SSSR count). The van der Waals surface area contributed by atoms with Gasteiger partial charge in [0.1, 0.15) is 5.82 Å². The minimum atomic E-state index is -0.580. The first kappa shape index (κ1) is 18.0. The Kier molecular flexibility index (Phi) is 6.53. The molecular formula is C20H24FNO3. The van der Waals surface area contributed by atoms with E-state index >= 15 is 0 Å². The van der Waals surface area contributed by atoms with Crippen molar-refractivity contribution in [3.05, 3.63) is 71.5 Å². The second-order valence-electron chi connectivity index (χ2n) is 6.30. The zero-order valence-corrected chi connectivity index (χ0v) is 14.2. The molecule has 134 valence electrons. The minimum absolute atomic E-state index is 0.249. The number of nitrogens with zero attached hydrogens (tertiary/aromatic N) is 1. The average molecular weight is 345 g/mol. The van der Waals surface area contributed by atoms with Crippen molar-refractivity contribution < 1.29 is 19.0 Å². The predicted octanol–water partition coefficient (Wildman–Crippen LogP) is 2.78. The van der Waals surface area contributed by atoms with Gasteiger partial charge in [-0.15, -0.1) is 0 Å². The van der Waals surface area contributed by atoms with E-state index in [1.165, 1.54) is 6.07 Å². The zero-order chi connectivity index (χ0) is 17.5. The molecule has 0 bridgehead atoms. The molecule has 0 aromatic heterocycles. The molecule has 0 amide bonds. The molecule has 2 unspecified atom stereocenters. The predicted molar refractivity (Wildman–Crippen MR) is 93.6 cm³/mol. The van der Waals surface area contributed by atoms with Gasteiger partial charge in [0.15, 0.2) is 0 Å². The van der Waals surface area contributed by atoms with E-state index in [1.54, 1.807) is 12.1 Å². The van der Waals surface area contributed by atoms with Gasteiger partial charge in [-0.25, -0.2) is 4.39 Å². The van der Waals surface area contributed by atoms with E-state index in [9.17, 15) is 9.50 Å². The standard InChI is InChI=1S/C20H24FNO3/c21-19-9-5-4-8-18(19)20-13-22(10-11-25-20)12-17(23)15-24-14-16-6-2-1-3-7-16/h1-9,17,20,23H,10-15H2. The van der Waals surface area contributed by atoms with Crippen LogP contribution in [0, 0.1) is 5.82 Å². The molecule has 2 aromatic carbocycles. The van der Waals surface area contributed by atoms with Gasteiger partial charge in [0.05, 0.1) is 32.0 Å². The Morgan fingerprint density at radius 1 is 1.16 bits per heavy atom. The normalized spacial score (nSPS) is 19.7. The molecule has 4 nitrogen and oxygen atoms in total. The van der Waals surface area contributed by atoms with Crippen LogP contribution in [0.25, 0.3) is 0 Å². The summed E-state index contributed by atoms with van der Waals surface area (Å²) in [5.41, 5.74) is 1.66. The Bertz CT molecular complexity index is 652. The van der Waals surface area contributed by atoms with Crippen LogP contribution in [0.2, 0.25) is 0 Å². The van der Waals surface area contributed by atoms with Crippen molar-refractivity contribution in [3.63, 3.8) is 0 Å². The van der Waals surface area contributed by atoms with Crippen LogP contribution in [0.4, 0.5) is 4.39 Å². The number of hydrogen-bond donors (Lipinski definition) is 1. The molecule has 2 aromatic rings. The fraction of sp³-hybridized carbons (Fsp3) is 0.400. The summed E-state index contributed by atoms with van der Waals surface area (Å²) >= 11 is 0. The third-order valence-electron chi connectivity index (χ3n) is 4.29. The second kappa shape index (κ2) is 9.06. The highest BCUT2D eigenvalue weighted by Gasteiger charge is 2.25. The van der Waals surface area contributed by atoms with Crippen LogP contribution in [0.3, 0.4) is 0 Å². The number of ether oxygens (including phenoxy) is 2. The van der Waals surface area contributed by atoms with E-state index < -0.39 is 6.10 Å². The number of aliphatic hydroxyl groups excluding tert-OH is 1. The topological polar surface area (TPSA) is 41.9 Å². The van der Waals surface area contributed by atoms with Crippen molar-refractivity contribution in [3.8, 4) is 0 Å². The summed E-state index contributed by atoms with van der Waals surface area (Å²) in [6.45, 7) is 3.06. The molecule has 0 radical (unpaired) electrons. The van der Waals surface area contributed by atoms with Crippen molar-refractivity contribution in [2.75, 3.05) is 32.8 Å². The summed E-state index contributed by atoms with van der Waals surface area (Å²) in [7, 11) is 0. The molecule has 1 N–H and O–H groups in total. The highest BCUT2D eigenvalue weighted by molar-refractivity contribution is 5.20. The van der Waals surface area contributed by atoms with E-state index in [0.29, 0.717) is 31.9 Å². The van der Waals surface area contributed by atoms with Crippen molar-refractivity contribution in [2.45, 2.75) is 18.8 Å². The van der Waals surface area contributed by atoms with E-state index in [0.717, 1.165) is 12.1 Å². The number of hydrogen-bond acceptors (Lipinski definition) is 4. The first-order chi connectivity index (χ1) is 12.2. The van der Waals surface area contributed by atoms with Crippen LogP contribution in [0.15, 0.2) is 54.6 Å². The smallest absolute Gasteiger partial charge is 0.129 e. The third kappa shape index (κ3) is 5.34. The van der Waals surface area contributed by atoms with Crippen molar-refractivity contribution >= 4 is 0 Å². The quantitative estimate of drug-likeness (QED) is 0.838. The minimum Gasteiger partial charge on any atom is -0.389 e. The summed E-state index contributed by atoms with van der Waals surface area (Å²) < 4.78 is 25.2. The lowest BCUT2D eigenvalue weighted by molar-refractivity contribution is -0.0546. The summed E-state index contributed by atoms with van der Waals surface area (Å²) in [4.78, 5) is 2.09. The summed E-state index contributed by atoms with van der Waals surface area (Å²) in [6, 6.07) is 16.6. The molecule has 0 spiro atoms. The van der Waals surface area contributed by atoms with Crippen molar-refractivity contribution in [2.24, 2.45) is 0 Å². The number of aliphatic hydroxyl groups is 1. The molecular weight excluding hydrogens is 321 g/mol. The van der Waals surface area contributed by atoms with E-state index in [2.05, 4.69) is 4.90 Å². The number of morpholine rings is 1. The van der Waals surface area contributed by atoms with Crippen LogP contribution in [-0.4, -0.2) is 49.0 Å². The van der Waals surface area contributed by atoms with Crippen LogP contribution < -0.4 is 0 Å². The van der Waals surface area contributed by atoms with Crippen LogP contribution >= 0.6 is 0 Å². The fourth-order valence-corrected chi connectivity index (χ4v) is 3.03. The van der Waals surface area contributed by atoms with Gasteiger partial charge in [-0.2, -0.15) is 0 Å². The number of halogens is 1. The number of benzene rings is 2. The molecule has 1 aliphatic heterocycles. The molecule has 1 fully saturated rings. The Morgan fingerprint density at radius 2 is 1.92 bits per heavy atom. The average Bonchev–Trinajstić information content (AvgIpc) is 2.63. The van der Waals surface area contributed by atoms with Crippen LogP contribution in [0.1, 0.15) is 17.2 Å². The van der Waals surface area contributed by atoms with E-state index in [4.69, 9.17) is 9.47 Å². The lowest BCUT2D eigenvalue weighted by Gasteiger charge is -2.34. The summed E-state index contributed by atoms with van der Waals surface area (Å²) in [6.07, 6.45) is -0.879. The van der Waals surface area contributed by atoms with Gasteiger partial charge in [0, 0.05) is 25.2 Å². The SMILES string of the molecule is OC(COCc1ccccc1)CN1CCOC(c2ccccc2F)C1. The van der Waals surface area contributed by atoms with Crippen molar-refractivity contribution in [1.29, 1.82) is 0 Å². The van der Waals surface area contributed by atoms with Crippen LogP contribution in [-0.2, 0) is 16.1 Å². The van der Waals surface area contributed by atoms with Crippen molar-refractivity contribution in [1.82, 2.24) is 4.90 Å². The molecule has 1 heterocycles. The first-order valence-corrected chi connectivity index (χ1v) is 8.60. The maximum absolute atomic E-state index is 13.9. The molecule has 0 saturated carbocycles. The number of β-amino-alcohol motifs (C(OH)–C–C–N with tert-alkyl or cyclic N) is 1. The van der Waals surface area contributed by atoms with E-state index in [-0.39, 0.29) is 18.5 Å². The lowest BCUT2D eigenvalue weighted by atomic mass is 10.1. The first-order valence-electron chi connectivity index (χ1n) is 8.60. The maximum Gasteiger partial charge on any atom is 0.129 e. The molecule has 1 aliphatic rings.